The van der Waals surface area contributed by atoms with Crippen LogP contribution in [0.3, 0.4) is 0 Å². The minimum Gasteiger partial charge on any atom is -0.350 e. The second-order valence-corrected chi connectivity index (χ2v) is 6.46. The van der Waals surface area contributed by atoms with Gasteiger partial charge in [-0.1, -0.05) is 37.3 Å². The van der Waals surface area contributed by atoms with E-state index in [2.05, 4.69) is 10.6 Å². The standard InChI is InChI=1S/C20H19F2N3O3/c1-2-20(14-7-9-15(21)10-8-14)18(27)25(19(28)24-20)12-17(26)23-11-13-5-3-4-6-16(13)22/h3-10H,2,11-12H2,1H3,(H,23,26)(H,24,28)/t20-/m0/s1. The fraction of sp³-hybridized carbons (Fsp3) is 0.250. The maximum absolute atomic E-state index is 13.6. The van der Waals surface area contributed by atoms with Crippen LogP contribution in [0.15, 0.2) is 48.5 Å². The zero-order valence-corrected chi connectivity index (χ0v) is 15.2. The topological polar surface area (TPSA) is 78.5 Å². The Balaban J connectivity index is 1.71. The molecule has 1 saturated heterocycles. The van der Waals surface area contributed by atoms with Crippen LogP contribution in [0.2, 0.25) is 0 Å². The number of carbonyl (C=O) groups excluding carboxylic acids is 3. The molecule has 146 valence electrons. The molecular formula is C20H19F2N3O3. The van der Waals surface area contributed by atoms with Gasteiger partial charge in [-0.15, -0.1) is 0 Å². The highest BCUT2D eigenvalue weighted by Crippen LogP contribution is 2.32. The van der Waals surface area contributed by atoms with Crippen LogP contribution in [0, 0.1) is 11.6 Å². The Bertz CT molecular complexity index is 917. The first-order valence-electron chi connectivity index (χ1n) is 8.77. The van der Waals surface area contributed by atoms with E-state index in [4.69, 9.17) is 0 Å². The SMILES string of the molecule is CC[C@@]1(c2ccc(F)cc2)NC(=O)N(CC(=O)NCc2ccccc2F)C1=O. The van der Waals surface area contributed by atoms with E-state index in [1.807, 2.05) is 0 Å². The number of amides is 4. The van der Waals surface area contributed by atoms with Gasteiger partial charge in [0.1, 0.15) is 23.7 Å². The van der Waals surface area contributed by atoms with Crippen molar-refractivity contribution in [1.29, 1.82) is 0 Å². The van der Waals surface area contributed by atoms with E-state index in [-0.39, 0.29) is 13.0 Å². The summed E-state index contributed by atoms with van der Waals surface area (Å²) in [6, 6.07) is 10.5. The minimum absolute atomic E-state index is 0.0635. The first kappa shape index (κ1) is 19.5. The van der Waals surface area contributed by atoms with Gasteiger partial charge in [-0.2, -0.15) is 0 Å². The lowest BCUT2D eigenvalue weighted by Gasteiger charge is -2.25. The van der Waals surface area contributed by atoms with Crippen LogP contribution in [0.5, 0.6) is 0 Å². The van der Waals surface area contributed by atoms with Crippen LogP contribution in [0.25, 0.3) is 0 Å². The summed E-state index contributed by atoms with van der Waals surface area (Å²) in [5.41, 5.74) is -0.623. The number of urea groups is 1. The Hall–Kier alpha value is -3.29. The van der Waals surface area contributed by atoms with Crippen LogP contribution in [0.1, 0.15) is 24.5 Å². The van der Waals surface area contributed by atoms with Crippen molar-refractivity contribution in [3.05, 3.63) is 71.3 Å². The van der Waals surface area contributed by atoms with Gasteiger partial charge in [0.25, 0.3) is 5.91 Å². The molecule has 28 heavy (non-hydrogen) atoms. The summed E-state index contributed by atoms with van der Waals surface area (Å²) in [5.74, 6) is -2.11. The summed E-state index contributed by atoms with van der Waals surface area (Å²) < 4.78 is 26.8. The van der Waals surface area contributed by atoms with Crippen LogP contribution < -0.4 is 10.6 Å². The Kier molecular flexibility index (Phi) is 5.39. The average Bonchev–Trinajstić information content (AvgIpc) is 2.93. The van der Waals surface area contributed by atoms with Crippen LogP contribution in [-0.4, -0.2) is 29.3 Å². The molecule has 8 heteroatoms. The molecule has 0 bridgehead atoms. The molecule has 0 aromatic heterocycles. The molecule has 1 aliphatic rings. The highest BCUT2D eigenvalue weighted by molar-refractivity contribution is 6.09. The fourth-order valence-corrected chi connectivity index (χ4v) is 3.18. The molecule has 3 rings (SSSR count). The van der Waals surface area contributed by atoms with E-state index in [0.29, 0.717) is 11.1 Å². The van der Waals surface area contributed by atoms with Crippen molar-refractivity contribution in [3.8, 4) is 0 Å². The van der Waals surface area contributed by atoms with Crippen molar-refractivity contribution in [2.75, 3.05) is 6.54 Å². The lowest BCUT2D eigenvalue weighted by atomic mass is 9.87. The monoisotopic (exact) mass is 387 g/mol. The molecule has 1 heterocycles. The zero-order valence-electron chi connectivity index (χ0n) is 15.2. The molecule has 6 nitrogen and oxygen atoms in total. The van der Waals surface area contributed by atoms with E-state index < -0.39 is 41.6 Å². The third-order valence-electron chi connectivity index (χ3n) is 4.78. The normalized spacial score (nSPS) is 18.9. The average molecular weight is 387 g/mol. The smallest absolute Gasteiger partial charge is 0.325 e. The number of halogens is 2. The van der Waals surface area contributed by atoms with Crippen molar-refractivity contribution in [2.45, 2.75) is 25.4 Å². The summed E-state index contributed by atoms with van der Waals surface area (Å²) >= 11 is 0. The van der Waals surface area contributed by atoms with Crippen molar-refractivity contribution < 1.29 is 23.2 Å². The van der Waals surface area contributed by atoms with E-state index in [9.17, 15) is 23.2 Å². The number of nitrogens with zero attached hydrogens (tertiary/aromatic N) is 1. The zero-order chi connectivity index (χ0) is 20.3. The number of hydrogen-bond acceptors (Lipinski definition) is 3. The molecule has 1 fully saturated rings. The van der Waals surface area contributed by atoms with Crippen molar-refractivity contribution >= 4 is 17.8 Å². The Labute approximate surface area is 160 Å². The minimum atomic E-state index is -1.35. The van der Waals surface area contributed by atoms with Crippen LogP contribution in [0.4, 0.5) is 13.6 Å². The van der Waals surface area contributed by atoms with Gasteiger partial charge in [-0.3, -0.25) is 14.5 Å². The molecule has 0 spiro atoms. The number of benzene rings is 2. The second kappa shape index (κ2) is 7.75. The highest BCUT2D eigenvalue weighted by Gasteiger charge is 2.51. The van der Waals surface area contributed by atoms with Crippen molar-refractivity contribution in [1.82, 2.24) is 15.5 Å². The maximum atomic E-state index is 13.6. The number of rotatable bonds is 6. The van der Waals surface area contributed by atoms with Crippen molar-refractivity contribution in [2.24, 2.45) is 0 Å². The Morgan fingerprint density at radius 2 is 1.79 bits per heavy atom. The van der Waals surface area contributed by atoms with E-state index in [1.165, 1.54) is 42.5 Å². The molecule has 0 unspecified atom stereocenters. The van der Waals surface area contributed by atoms with Gasteiger partial charge >= 0.3 is 6.03 Å². The third-order valence-corrected chi connectivity index (χ3v) is 4.78. The molecule has 0 radical (unpaired) electrons. The fourth-order valence-electron chi connectivity index (χ4n) is 3.18. The summed E-state index contributed by atoms with van der Waals surface area (Å²) in [5, 5.41) is 5.11. The molecule has 4 amide bonds. The highest BCUT2D eigenvalue weighted by atomic mass is 19.1. The summed E-state index contributed by atoms with van der Waals surface area (Å²) in [6.45, 7) is 1.15. The Morgan fingerprint density at radius 3 is 2.43 bits per heavy atom. The van der Waals surface area contributed by atoms with E-state index in [0.717, 1.165) is 4.90 Å². The first-order chi connectivity index (χ1) is 13.4. The molecular weight excluding hydrogens is 368 g/mol. The lowest BCUT2D eigenvalue weighted by Crippen LogP contribution is -2.44. The van der Waals surface area contributed by atoms with Gasteiger partial charge in [-0.05, 0) is 30.2 Å². The lowest BCUT2D eigenvalue weighted by molar-refractivity contribution is -0.135. The van der Waals surface area contributed by atoms with Gasteiger partial charge in [0, 0.05) is 12.1 Å². The molecule has 0 aliphatic carbocycles. The van der Waals surface area contributed by atoms with E-state index in [1.54, 1.807) is 13.0 Å². The van der Waals surface area contributed by atoms with Gasteiger partial charge in [0.05, 0.1) is 0 Å². The summed E-state index contributed by atoms with van der Waals surface area (Å²) in [4.78, 5) is 38.3. The largest absolute Gasteiger partial charge is 0.350 e. The predicted octanol–water partition coefficient (Wildman–Crippen LogP) is 2.44. The van der Waals surface area contributed by atoms with Crippen molar-refractivity contribution in [3.63, 3.8) is 0 Å². The van der Waals surface area contributed by atoms with Crippen LogP contribution in [-0.2, 0) is 21.7 Å². The first-order valence-corrected chi connectivity index (χ1v) is 8.77. The van der Waals surface area contributed by atoms with Gasteiger partial charge < -0.3 is 10.6 Å². The molecule has 2 N–H and O–H groups in total. The number of imide groups is 1. The number of hydrogen-bond donors (Lipinski definition) is 2. The summed E-state index contributed by atoms with van der Waals surface area (Å²) in [6.07, 6.45) is 0.233. The van der Waals surface area contributed by atoms with Gasteiger partial charge in [0.2, 0.25) is 5.91 Å². The molecule has 2 aromatic rings. The van der Waals surface area contributed by atoms with E-state index >= 15 is 0 Å². The number of carbonyl (C=O) groups is 3. The predicted molar refractivity (Wildman–Crippen MR) is 96.9 cm³/mol. The molecule has 0 saturated carbocycles. The molecule has 1 aliphatic heterocycles. The second-order valence-electron chi connectivity index (χ2n) is 6.46. The maximum Gasteiger partial charge on any atom is 0.325 e. The van der Waals surface area contributed by atoms with Gasteiger partial charge in [-0.25, -0.2) is 13.6 Å². The quantitative estimate of drug-likeness (QED) is 0.748. The summed E-state index contributed by atoms with van der Waals surface area (Å²) in [7, 11) is 0. The Morgan fingerprint density at radius 1 is 1.11 bits per heavy atom. The third kappa shape index (κ3) is 3.58. The molecule has 2 aromatic carbocycles. The molecule has 1 atom stereocenters. The van der Waals surface area contributed by atoms with Gasteiger partial charge in [0.15, 0.2) is 0 Å². The number of nitrogens with one attached hydrogen (secondary N) is 2. The van der Waals surface area contributed by atoms with Crippen LogP contribution >= 0.6 is 0 Å².